The van der Waals surface area contributed by atoms with E-state index < -0.39 is 0 Å². The summed E-state index contributed by atoms with van der Waals surface area (Å²) in [4.78, 5) is 2.13. The van der Waals surface area contributed by atoms with E-state index in [9.17, 15) is 0 Å². The molecule has 2 N–H and O–H groups in total. The van der Waals surface area contributed by atoms with E-state index in [4.69, 9.17) is 5.73 Å². The van der Waals surface area contributed by atoms with Crippen molar-refractivity contribution in [1.82, 2.24) is 0 Å². The summed E-state index contributed by atoms with van der Waals surface area (Å²) in [7, 11) is 4.14. The summed E-state index contributed by atoms with van der Waals surface area (Å²) < 4.78 is 0. The predicted molar refractivity (Wildman–Crippen MR) is 92.9 cm³/mol. The minimum absolute atomic E-state index is 0.581. The quantitative estimate of drug-likeness (QED) is 0.857. The number of rotatable bonds is 6. The van der Waals surface area contributed by atoms with Crippen LogP contribution in [0.4, 0.5) is 5.69 Å². The highest BCUT2D eigenvalue weighted by molar-refractivity contribution is 5.68. The molecular weight excluding hydrogens is 256 g/mol. The van der Waals surface area contributed by atoms with Gasteiger partial charge in [-0.2, -0.15) is 0 Å². The molecule has 0 saturated carbocycles. The molecule has 2 rings (SSSR count). The van der Waals surface area contributed by atoms with E-state index in [2.05, 4.69) is 74.4 Å². The molecule has 0 aliphatic rings. The van der Waals surface area contributed by atoms with E-state index >= 15 is 0 Å². The Bertz CT molecular complexity index is 558. The summed E-state index contributed by atoms with van der Waals surface area (Å²) in [5.41, 5.74) is 10.9. The van der Waals surface area contributed by atoms with Gasteiger partial charge in [-0.15, -0.1) is 0 Å². The number of benzene rings is 2. The van der Waals surface area contributed by atoms with Gasteiger partial charge in [-0.1, -0.05) is 43.3 Å². The number of anilines is 1. The minimum atomic E-state index is 0.581. The van der Waals surface area contributed by atoms with Crippen LogP contribution in [0.3, 0.4) is 0 Å². The molecule has 0 aromatic heterocycles. The molecule has 1 unspecified atom stereocenters. The number of nitrogens with zero attached hydrogens (tertiary/aromatic N) is 1. The molecule has 0 aliphatic heterocycles. The van der Waals surface area contributed by atoms with Crippen molar-refractivity contribution in [3.05, 3.63) is 54.1 Å². The molecule has 0 amide bonds. The van der Waals surface area contributed by atoms with E-state index in [1.165, 1.54) is 22.4 Å². The highest BCUT2D eigenvalue weighted by atomic mass is 15.1. The van der Waals surface area contributed by atoms with Crippen LogP contribution in [0.5, 0.6) is 0 Å². The fourth-order valence-corrected chi connectivity index (χ4v) is 2.72. The number of nitrogens with two attached hydrogens (primary N) is 1. The standard InChI is InChI=1S/C19H26N2/c1-4-15(12-13-20)16-8-10-17(11-9-16)18-6-5-7-19(14-18)21(2)3/h5-11,14-15H,4,12-13,20H2,1-3H3. The molecule has 0 spiro atoms. The smallest absolute Gasteiger partial charge is 0.0367 e. The van der Waals surface area contributed by atoms with Gasteiger partial charge in [-0.3, -0.25) is 0 Å². The maximum absolute atomic E-state index is 5.70. The van der Waals surface area contributed by atoms with Crippen LogP contribution in [0, 0.1) is 0 Å². The van der Waals surface area contributed by atoms with Crippen LogP contribution in [0.2, 0.25) is 0 Å². The Morgan fingerprint density at radius 1 is 1.00 bits per heavy atom. The third-order valence-corrected chi connectivity index (χ3v) is 4.09. The molecule has 0 bridgehead atoms. The van der Waals surface area contributed by atoms with Crippen molar-refractivity contribution in [1.29, 1.82) is 0 Å². The third-order valence-electron chi connectivity index (χ3n) is 4.09. The highest BCUT2D eigenvalue weighted by Crippen LogP contribution is 2.28. The van der Waals surface area contributed by atoms with Gasteiger partial charge >= 0.3 is 0 Å². The molecule has 1 atom stereocenters. The van der Waals surface area contributed by atoms with Crippen LogP contribution in [-0.2, 0) is 0 Å². The fraction of sp³-hybridized carbons (Fsp3) is 0.368. The normalized spacial score (nSPS) is 12.2. The second-order valence-electron chi connectivity index (χ2n) is 5.75. The van der Waals surface area contributed by atoms with Gasteiger partial charge in [0.25, 0.3) is 0 Å². The molecule has 0 radical (unpaired) electrons. The second kappa shape index (κ2) is 7.28. The van der Waals surface area contributed by atoms with Gasteiger partial charge in [-0.05, 0) is 54.1 Å². The van der Waals surface area contributed by atoms with E-state index in [0.29, 0.717) is 5.92 Å². The van der Waals surface area contributed by atoms with Gasteiger partial charge in [0.15, 0.2) is 0 Å². The maximum Gasteiger partial charge on any atom is 0.0367 e. The van der Waals surface area contributed by atoms with Crippen molar-refractivity contribution in [3.63, 3.8) is 0 Å². The van der Waals surface area contributed by atoms with Crippen LogP contribution in [-0.4, -0.2) is 20.6 Å². The lowest BCUT2D eigenvalue weighted by Gasteiger charge is -2.16. The van der Waals surface area contributed by atoms with Gasteiger partial charge in [0.1, 0.15) is 0 Å². The van der Waals surface area contributed by atoms with Gasteiger partial charge in [0.05, 0.1) is 0 Å². The first kappa shape index (κ1) is 15.6. The van der Waals surface area contributed by atoms with Gasteiger partial charge < -0.3 is 10.6 Å². The monoisotopic (exact) mass is 282 g/mol. The van der Waals surface area contributed by atoms with Crippen LogP contribution < -0.4 is 10.6 Å². The number of hydrogen-bond acceptors (Lipinski definition) is 2. The number of hydrogen-bond donors (Lipinski definition) is 1. The van der Waals surface area contributed by atoms with E-state index in [1.807, 2.05) is 0 Å². The molecule has 0 fully saturated rings. The molecule has 2 aromatic rings. The topological polar surface area (TPSA) is 29.3 Å². The zero-order valence-electron chi connectivity index (χ0n) is 13.3. The van der Waals surface area contributed by atoms with Crippen molar-refractivity contribution >= 4 is 5.69 Å². The summed E-state index contributed by atoms with van der Waals surface area (Å²) in [6.45, 7) is 2.99. The Kier molecular flexibility index (Phi) is 5.40. The van der Waals surface area contributed by atoms with Crippen LogP contribution >= 0.6 is 0 Å². The Morgan fingerprint density at radius 2 is 1.71 bits per heavy atom. The summed E-state index contributed by atoms with van der Waals surface area (Å²) >= 11 is 0. The molecule has 0 heterocycles. The molecule has 2 heteroatoms. The summed E-state index contributed by atoms with van der Waals surface area (Å²) in [5.74, 6) is 0.581. The predicted octanol–water partition coefficient (Wildman–Crippen LogP) is 4.26. The zero-order valence-corrected chi connectivity index (χ0v) is 13.3. The molecule has 2 nitrogen and oxygen atoms in total. The SMILES string of the molecule is CCC(CCN)c1ccc(-c2cccc(N(C)C)c2)cc1. The van der Waals surface area contributed by atoms with Gasteiger partial charge in [0, 0.05) is 19.8 Å². The van der Waals surface area contributed by atoms with Crippen LogP contribution in [0.15, 0.2) is 48.5 Å². The first-order valence-corrected chi connectivity index (χ1v) is 7.73. The first-order valence-electron chi connectivity index (χ1n) is 7.73. The highest BCUT2D eigenvalue weighted by Gasteiger charge is 2.08. The Morgan fingerprint density at radius 3 is 2.29 bits per heavy atom. The van der Waals surface area contributed by atoms with Crippen molar-refractivity contribution in [3.8, 4) is 11.1 Å². The second-order valence-corrected chi connectivity index (χ2v) is 5.75. The van der Waals surface area contributed by atoms with Crippen LogP contribution in [0.1, 0.15) is 31.2 Å². The molecule has 21 heavy (non-hydrogen) atoms. The van der Waals surface area contributed by atoms with E-state index in [0.717, 1.165) is 19.4 Å². The largest absolute Gasteiger partial charge is 0.378 e. The Labute approximate surface area is 128 Å². The molecule has 2 aromatic carbocycles. The lowest BCUT2D eigenvalue weighted by Crippen LogP contribution is -2.08. The van der Waals surface area contributed by atoms with Gasteiger partial charge in [-0.25, -0.2) is 0 Å². The fourth-order valence-electron chi connectivity index (χ4n) is 2.72. The summed E-state index contributed by atoms with van der Waals surface area (Å²) in [5, 5.41) is 0. The average molecular weight is 282 g/mol. The maximum atomic E-state index is 5.70. The Hall–Kier alpha value is -1.80. The first-order chi connectivity index (χ1) is 10.2. The molecule has 0 aliphatic carbocycles. The average Bonchev–Trinajstić information content (AvgIpc) is 2.53. The van der Waals surface area contributed by atoms with E-state index in [1.54, 1.807) is 0 Å². The molecule has 0 saturated heterocycles. The molecular formula is C19H26N2. The third kappa shape index (κ3) is 3.85. The lowest BCUT2D eigenvalue weighted by molar-refractivity contribution is 0.614. The zero-order chi connectivity index (χ0) is 15.2. The lowest BCUT2D eigenvalue weighted by atomic mass is 9.91. The van der Waals surface area contributed by atoms with Crippen molar-refractivity contribution in [2.24, 2.45) is 5.73 Å². The van der Waals surface area contributed by atoms with Gasteiger partial charge in [0.2, 0.25) is 0 Å². The summed E-state index contributed by atoms with van der Waals surface area (Å²) in [6.07, 6.45) is 2.21. The van der Waals surface area contributed by atoms with Crippen LogP contribution in [0.25, 0.3) is 11.1 Å². The minimum Gasteiger partial charge on any atom is -0.378 e. The Balaban J connectivity index is 2.24. The van der Waals surface area contributed by atoms with Crippen molar-refractivity contribution in [2.45, 2.75) is 25.7 Å². The van der Waals surface area contributed by atoms with Crippen molar-refractivity contribution < 1.29 is 0 Å². The van der Waals surface area contributed by atoms with E-state index in [-0.39, 0.29) is 0 Å². The summed E-state index contributed by atoms with van der Waals surface area (Å²) in [6, 6.07) is 17.6. The molecule has 112 valence electrons. The van der Waals surface area contributed by atoms with Crippen molar-refractivity contribution in [2.75, 3.05) is 25.5 Å².